The molecule has 1 saturated heterocycles. The molecule has 0 saturated carbocycles. The van der Waals surface area contributed by atoms with Crippen LogP contribution in [0.1, 0.15) is 12.0 Å². The molecule has 29 heavy (non-hydrogen) atoms. The van der Waals surface area contributed by atoms with E-state index in [1.54, 1.807) is 6.07 Å². The van der Waals surface area contributed by atoms with Crippen LogP contribution in [0.3, 0.4) is 0 Å². The number of sulfonamides is 1. The van der Waals surface area contributed by atoms with E-state index in [1.165, 1.54) is 36.4 Å². The maximum Gasteiger partial charge on any atom is 0.326 e. The molecule has 12 heteroatoms. The zero-order chi connectivity index (χ0) is 21.2. The average Bonchev–Trinajstić information content (AvgIpc) is 2.91. The van der Waals surface area contributed by atoms with Gasteiger partial charge in [0.05, 0.1) is 10.6 Å². The minimum Gasteiger partial charge on any atom is -0.506 e. The minimum absolute atomic E-state index is 0.00356. The van der Waals surface area contributed by atoms with Gasteiger partial charge in [0, 0.05) is 12.2 Å². The van der Waals surface area contributed by atoms with Gasteiger partial charge < -0.3 is 10.8 Å². The van der Waals surface area contributed by atoms with Crippen LogP contribution in [0.25, 0.3) is 0 Å². The Hall–Kier alpha value is -2.83. The lowest BCUT2D eigenvalue weighted by Crippen LogP contribution is -2.29. The molecule has 0 radical (unpaired) electrons. The number of nitrogen functional groups attached to an aromatic ring is 1. The summed E-state index contributed by atoms with van der Waals surface area (Å²) in [6, 6.07) is 10.2. The quantitative estimate of drug-likeness (QED) is 0.350. The highest BCUT2D eigenvalue weighted by Gasteiger charge is 2.35. The molecule has 2 aromatic carbocycles. The lowest BCUT2D eigenvalue weighted by molar-refractivity contribution is -0.117. The van der Waals surface area contributed by atoms with Crippen LogP contribution in [0, 0.1) is 0 Å². The first-order valence-electron chi connectivity index (χ1n) is 8.59. The van der Waals surface area contributed by atoms with Gasteiger partial charge in [-0.1, -0.05) is 6.07 Å². The van der Waals surface area contributed by atoms with Gasteiger partial charge in [-0.15, -0.1) is 0 Å². The Kier molecular flexibility index (Phi) is 5.68. The van der Waals surface area contributed by atoms with Crippen LogP contribution in [0.5, 0.6) is 5.75 Å². The number of carbonyl (C=O) groups excluding carboxylic acids is 1. The summed E-state index contributed by atoms with van der Waals surface area (Å²) in [6.07, 6.45) is 0.900. The van der Waals surface area contributed by atoms with E-state index in [1.807, 2.05) is 4.72 Å². The fraction of sp³-hybridized carbons (Fsp3) is 0.235. The standard InChI is InChI=1S/C17H20N4O6S2/c18-13-4-6-14(7-5-13)28(24,25)19-9-1-2-12-3-8-15(16(22)10-12)21-11-17(23)20-29(21,26)27/h3-8,10,19,22H,1-2,9,11,18H2,(H,20,23). The van der Waals surface area contributed by atoms with Gasteiger partial charge >= 0.3 is 10.2 Å². The highest BCUT2D eigenvalue weighted by Crippen LogP contribution is 2.31. The summed E-state index contributed by atoms with van der Waals surface area (Å²) < 4.78 is 53.2. The first kappa shape index (κ1) is 20.9. The molecule has 1 aliphatic rings. The summed E-state index contributed by atoms with van der Waals surface area (Å²) in [5.41, 5.74) is 6.70. The second kappa shape index (κ2) is 7.89. The summed E-state index contributed by atoms with van der Waals surface area (Å²) in [4.78, 5) is 11.4. The van der Waals surface area contributed by atoms with Crippen molar-refractivity contribution in [1.82, 2.24) is 9.44 Å². The van der Waals surface area contributed by atoms with E-state index in [0.717, 1.165) is 4.31 Å². The van der Waals surface area contributed by atoms with Crippen LogP contribution in [0.15, 0.2) is 47.4 Å². The number of nitrogens with two attached hydrogens (primary N) is 1. The summed E-state index contributed by atoms with van der Waals surface area (Å²) in [5, 5.41) is 10.2. The van der Waals surface area contributed by atoms with Crippen LogP contribution in [0.2, 0.25) is 0 Å². The summed E-state index contributed by atoms with van der Waals surface area (Å²) in [6.45, 7) is -0.226. The molecule has 0 bridgehead atoms. The largest absolute Gasteiger partial charge is 0.506 e. The van der Waals surface area contributed by atoms with Crippen LogP contribution in [-0.4, -0.2) is 40.9 Å². The average molecular weight is 441 g/mol. The van der Waals surface area contributed by atoms with Crippen LogP contribution < -0.4 is 19.5 Å². The van der Waals surface area contributed by atoms with Gasteiger partial charge in [0.25, 0.3) is 5.91 Å². The lowest BCUT2D eigenvalue weighted by atomic mass is 10.1. The molecular weight excluding hydrogens is 420 g/mol. The Morgan fingerprint density at radius 2 is 1.86 bits per heavy atom. The number of phenols is 1. The van der Waals surface area contributed by atoms with E-state index in [0.29, 0.717) is 24.1 Å². The summed E-state index contributed by atoms with van der Waals surface area (Å²) in [5.74, 6) is -0.966. The molecule has 2 aromatic rings. The molecule has 1 heterocycles. The predicted octanol–water partition coefficient (Wildman–Crippen LogP) is 0.0665. The second-order valence-corrected chi connectivity index (χ2v) is 9.79. The minimum atomic E-state index is -4.00. The van der Waals surface area contributed by atoms with Crippen molar-refractivity contribution >= 4 is 37.5 Å². The van der Waals surface area contributed by atoms with E-state index in [2.05, 4.69) is 4.72 Å². The van der Waals surface area contributed by atoms with Crippen LogP contribution in [-0.2, 0) is 31.4 Å². The van der Waals surface area contributed by atoms with Crippen molar-refractivity contribution in [2.75, 3.05) is 23.1 Å². The van der Waals surface area contributed by atoms with Crippen LogP contribution in [0.4, 0.5) is 11.4 Å². The van der Waals surface area contributed by atoms with Gasteiger partial charge in [0.1, 0.15) is 12.3 Å². The SMILES string of the molecule is Nc1ccc(S(=O)(=O)NCCCc2ccc(N3CC(=O)NS3(=O)=O)c(O)c2)cc1. The smallest absolute Gasteiger partial charge is 0.326 e. The van der Waals surface area contributed by atoms with E-state index >= 15 is 0 Å². The number of phenolic OH excluding ortho intramolecular Hbond substituents is 1. The molecule has 156 valence electrons. The van der Waals surface area contributed by atoms with E-state index in [-0.39, 0.29) is 22.9 Å². The number of rotatable bonds is 7. The van der Waals surface area contributed by atoms with Gasteiger partial charge in [0.15, 0.2) is 0 Å². The lowest BCUT2D eigenvalue weighted by Gasteiger charge is -2.16. The zero-order valence-electron chi connectivity index (χ0n) is 15.2. The van der Waals surface area contributed by atoms with Crippen molar-refractivity contribution in [2.45, 2.75) is 17.7 Å². The molecule has 0 aromatic heterocycles. The number of aryl methyl sites for hydroxylation is 1. The van der Waals surface area contributed by atoms with Crippen molar-refractivity contribution in [3.8, 4) is 5.75 Å². The number of benzene rings is 2. The Morgan fingerprint density at radius 3 is 2.45 bits per heavy atom. The summed E-state index contributed by atoms with van der Waals surface area (Å²) >= 11 is 0. The fourth-order valence-corrected chi connectivity index (χ4v) is 5.06. The normalized spacial score (nSPS) is 16.0. The third kappa shape index (κ3) is 4.78. The molecule has 5 N–H and O–H groups in total. The highest BCUT2D eigenvalue weighted by molar-refractivity contribution is 7.92. The fourth-order valence-electron chi connectivity index (χ4n) is 2.83. The number of hydrogen-bond acceptors (Lipinski definition) is 7. The molecule has 1 amide bonds. The molecule has 10 nitrogen and oxygen atoms in total. The number of anilines is 2. The maximum atomic E-state index is 12.2. The second-order valence-electron chi connectivity index (χ2n) is 6.43. The first-order chi connectivity index (χ1) is 13.6. The number of amides is 1. The summed E-state index contributed by atoms with van der Waals surface area (Å²) in [7, 11) is -7.64. The monoisotopic (exact) mass is 440 g/mol. The third-order valence-corrected chi connectivity index (χ3v) is 7.12. The molecule has 3 rings (SSSR count). The Bertz CT molecular complexity index is 1130. The van der Waals surface area contributed by atoms with Gasteiger partial charge in [-0.3, -0.25) is 4.79 Å². The zero-order valence-corrected chi connectivity index (χ0v) is 16.8. The molecule has 1 fully saturated rings. The van der Waals surface area contributed by atoms with Gasteiger partial charge in [-0.05, 0) is 54.8 Å². The number of hydrogen-bond donors (Lipinski definition) is 4. The topological polar surface area (TPSA) is 159 Å². The number of nitrogens with one attached hydrogen (secondary N) is 2. The highest BCUT2D eigenvalue weighted by atomic mass is 32.2. The van der Waals surface area contributed by atoms with E-state index in [9.17, 15) is 26.7 Å². The molecule has 1 aliphatic heterocycles. The van der Waals surface area contributed by atoms with Crippen molar-refractivity contribution in [3.63, 3.8) is 0 Å². The number of carbonyl (C=O) groups is 1. The number of nitrogens with zero attached hydrogens (tertiary/aromatic N) is 1. The Labute approximate surface area is 168 Å². The van der Waals surface area contributed by atoms with Crippen molar-refractivity contribution < 1.29 is 26.7 Å². The first-order valence-corrected chi connectivity index (χ1v) is 11.5. The van der Waals surface area contributed by atoms with E-state index in [4.69, 9.17) is 5.73 Å². The van der Waals surface area contributed by atoms with E-state index < -0.39 is 32.7 Å². The van der Waals surface area contributed by atoms with Gasteiger partial charge in [-0.25, -0.2) is 22.2 Å². The molecule has 0 unspecified atom stereocenters. The molecule has 0 spiro atoms. The van der Waals surface area contributed by atoms with Crippen LogP contribution >= 0.6 is 0 Å². The molecular formula is C17H20N4O6S2. The van der Waals surface area contributed by atoms with Crippen molar-refractivity contribution in [2.24, 2.45) is 0 Å². The molecule has 0 aliphatic carbocycles. The van der Waals surface area contributed by atoms with Crippen molar-refractivity contribution in [1.29, 1.82) is 0 Å². The van der Waals surface area contributed by atoms with Gasteiger partial charge in [-0.2, -0.15) is 8.42 Å². The van der Waals surface area contributed by atoms with Crippen molar-refractivity contribution in [3.05, 3.63) is 48.0 Å². The van der Waals surface area contributed by atoms with Gasteiger partial charge in [0.2, 0.25) is 10.0 Å². The number of aromatic hydroxyl groups is 1. The Balaban J connectivity index is 1.59. The molecule has 0 atom stereocenters. The predicted molar refractivity (Wildman–Crippen MR) is 107 cm³/mol. The third-order valence-electron chi connectivity index (χ3n) is 4.25. The maximum absolute atomic E-state index is 12.2. The Morgan fingerprint density at radius 1 is 1.17 bits per heavy atom.